The summed E-state index contributed by atoms with van der Waals surface area (Å²) in [4.78, 5) is 26.0. The molecule has 0 aliphatic carbocycles. The van der Waals surface area contributed by atoms with E-state index in [0.717, 1.165) is 0 Å². The maximum absolute atomic E-state index is 13.1. The molecule has 1 aromatic carbocycles. The van der Waals surface area contributed by atoms with Crippen molar-refractivity contribution in [3.8, 4) is 0 Å². The van der Waals surface area contributed by atoms with Gasteiger partial charge in [0.1, 0.15) is 4.90 Å². The normalized spacial score (nSPS) is 20.3. The lowest BCUT2D eigenvalue weighted by atomic mass is 10.2. The zero-order chi connectivity index (χ0) is 21.8. The Balaban J connectivity index is 2.20. The minimum atomic E-state index is -3.90. The Labute approximate surface area is 177 Å². The molecular weight excluding hydrogens is 418 g/mol. The van der Waals surface area contributed by atoms with Crippen LogP contribution < -0.4 is 5.32 Å². The fourth-order valence-electron chi connectivity index (χ4n) is 3.25. The highest BCUT2D eigenvalue weighted by atomic mass is 35.5. The van der Waals surface area contributed by atoms with Gasteiger partial charge in [0, 0.05) is 31.7 Å². The number of rotatable bonds is 7. The van der Waals surface area contributed by atoms with Gasteiger partial charge in [0.15, 0.2) is 0 Å². The number of carbonyl (C=O) groups excluding carboxylic acids is 2. The first kappa shape index (κ1) is 23.6. The first-order valence-electron chi connectivity index (χ1n) is 9.61. The van der Waals surface area contributed by atoms with Crippen molar-refractivity contribution in [1.29, 1.82) is 0 Å². The number of nitrogens with one attached hydrogen (secondary N) is 1. The van der Waals surface area contributed by atoms with Gasteiger partial charge in [-0.15, -0.1) is 0 Å². The fraction of sp³-hybridized carbons (Fsp3) is 0.579. The summed E-state index contributed by atoms with van der Waals surface area (Å²) in [5.74, 6) is -0.746. The summed E-state index contributed by atoms with van der Waals surface area (Å²) in [5.41, 5.74) is 0.120. The molecule has 2 unspecified atom stereocenters. The minimum Gasteiger partial charge on any atom is -0.373 e. The van der Waals surface area contributed by atoms with E-state index in [9.17, 15) is 18.0 Å². The zero-order valence-corrected chi connectivity index (χ0v) is 18.7. The molecular formula is C19H28ClN3O5S. The SMILES string of the molecule is CCN(CC)C(=O)CNC(=O)c1ccc(Cl)c(S(=O)(=O)N2CC(C)OC(C)C2)c1. The van der Waals surface area contributed by atoms with Gasteiger partial charge in [-0.3, -0.25) is 9.59 Å². The lowest BCUT2D eigenvalue weighted by Crippen LogP contribution is -2.48. The average molecular weight is 446 g/mol. The number of benzene rings is 1. The van der Waals surface area contributed by atoms with Gasteiger partial charge in [0.2, 0.25) is 15.9 Å². The monoisotopic (exact) mass is 445 g/mol. The van der Waals surface area contributed by atoms with Crippen molar-refractivity contribution in [3.63, 3.8) is 0 Å². The van der Waals surface area contributed by atoms with Crippen LogP contribution in [0.1, 0.15) is 38.1 Å². The third-order valence-corrected chi connectivity index (χ3v) is 7.03. The average Bonchev–Trinajstić information content (AvgIpc) is 2.66. The Bertz CT molecular complexity index is 847. The van der Waals surface area contributed by atoms with Gasteiger partial charge in [-0.1, -0.05) is 11.6 Å². The summed E-state index contributed by atoms with van der Waals surface area (Å²) >= 11 is 6.15. The number of halogens is 1. The Hall–Kier alpha value is -1.68. The Kier molecular flexibility index (Phi) is 8.04. The molecule has 162 valence electrons. The molecule has 0 spiro atoms. The van der Waals surface area contributed by atoms with E-state index in [1.807, 2.05) is 13.8 Å². The molecule has 0 saturated carbocycles. The van der Waals surface area contributed by atoms with E-state index in [0.29, 0.717) is 13.1 Å². The van der Waals surface area contributed by atoms with Gasteiger partial charge in [-0.2, -0.15) is 4.31 Å². The third-order valence-electron chi connectivity index (χ3n) is 4.71. The topological polar surface area (TPSA) is 96.0 Å². The highest BCUT2D eigenvalue weighted by Gasteiger charge is 2.33. The molecule has 2 rings (SSSR count). The van der Waals surface area contributed by atoms with Gasteiger partial charge in [0.25, 0.3) is 5.91 Å². The first-order valence-corrected chi connectivity index (χ1v) is 11.4. The van der Waals surface area contributed by atoms with Crippen molar-refractivity contribution in [3.05, 3.63) is 28.8 Å². The number of sulfonamides is 1. The summed E-state index contributed by atoms with van der Waals surface area (Å²) in [6, 6.07) is 4.06. The molecule has 2 amide bonds. The van der Waals surface area contributed by atoms with Crippen LogP contribution in [0, 0.1) is 0 Å². The molecule has 1 aliphatic rings. The molecule has 1 N–H and O–H groups in total. The molecule has 2 atom stereocenters. The van der Waals surface area contributed by atoms with Crippen LogP contribution in [0.5, 0.6) is 0 Å². The second kappa shape index (κ2) is 9.88. The van der Waals surface area contributed by atoms with Crippen LogP contribution in [-0.4, -0.2) is 74.4 Å². The van der Waals surface area contributed by atoms with E-state index in [2.05, 4.69) is 5.32 Å². The van der Waals surface area contributed by atoms with Crippen LogP contribution >= 0.6 is 11.6 Å². The number of carbonyl (C=O) groups is 2. The second-order valence-electron chi connectivity index (χ2n) is 6.97. The Morgan fingerprint density at radius 2 is 1.79 bits per heavy atom. The number of hydrogen-bond donors (Lipinski definition) is 1. The highest BCUT2D eigenvalue weighted by Crippen LogP contribution is 2.28. The maximum Gasteiger partial charge on any atom is 0.251 e. The predicted molar refractivity (Wildman–Crippen MR) is 110 cm³/mol. The maximum atomic E-state index is 13.1. The van der Waals surface area contributed by atoms with E-state index >= 15 is 0 Å². The molecule has 1 aliphatic heterocycles. The van der Waals surface area contributed by atoms with E-state index in [1.165, 1.54) is 22.5 Å². The summed E-state index contributed by atoms with van der Waals surface area (Å²) < 4.78 is 33.1. The molecule has 0 aromatic heterocycles. The number of nitrogens with zero attached hydrogens (tertiary/aromatic N) is 2. The van der Waals surface area contributed by atoms with Crippen molar-refractivity contribution in [2.75, 3.05) is 32.7 Å². The van der Waals surface area contributed by atoms with Crippen molar-refractivity contribution in [1.82, 2.24) is 14.5 Å². The number of likely N-dealkylation sites (N-methyl/N-ethyl adjacent to an activating group) is 1. The summed E-state index contributed by atoms with van der Waals surface area (Å²) in [6.45, 7) is 8.65. The summed E-state index contributed by atoms with van der Waals surface area (Å²) in [7, 11) is -3.90. The summed E-state index contributed by atoms with van der Waals surface area (Å²) in [5, 5.41) is 2.57. The quantitative estimate of drug-likeness (QED) is 0.689. The van der Waals surface area contributed by atoms with Gasteiger partial charge in [0.05, 0.1) is 23.8 Å². The van der Waals surface area contributed by atoms with Gasteiger partial charge in [-0.25, -0.2) is 8.42 Å². The lowest BCUT2D eigenvalue weighted by Gasteiger charge is -2.34. The second-order valence-corrected chi connectivity index (χ2v) is 9.29. The van der Waals surface area contributed by atoms with Crippen molar-refractivity contribution >= 4 is 33.4 Å². The molecule has 0 radical (unpaired) electrons. The van der Waals surface area contributed by atoms with Crippen molar-refractivity contribution in [2.24, 2.45) is 0 Å². The van der Waals surface area contributed by atoms with E-state index < -0.39 is 15.9 Å². The summed E-state index contributed by atoms with van der Waals surface area (Å²) in [6.07, 6.45) is -0.491. The number of amides is 2. The largest absolute Gasteiger partial charge is 0.373 e. The van der Waals surface area contributed by atoms with Crippen molar-refractivity contribution < 1.29 is 22.7 Å². The molecule has 1 fully saturated rings. The highest BCUT2D eigenvalue weighted by molar-refractivity contribution is 7.89. The number of hydrogen-bond acceptors (Lipinski definition) is 5. The fourth-order valence-corrected chi connectivity index (χ4v) is 5.35. The minimum absolute atomic E-state index is 0.0348. The Morgan fingerprint density at radius 3 is 2.34 bits per heavy atom. The molecule has 1 saturated heterocycles. The number of morpholine rings is 1. The zero-order valence-electron chi connectivity index (χ0n) is 17.1. The Morgan fingerprint density at radius 1 is 1.21 bits per heavy atom. The van der Waals surface area contributed by atoms with Gasteiger partial charge < -0.3 is 15.0 Å². The van der Waals surface area contributed by atoms with Crippen LogP contribution in [0.3, 0.4) is 0 Å². The molecule has 8 nitrogen and oxygen atoms in total. The van der Waals surface area contributed by atoms with Crippen LogP contribution in [0.2, 0.25) is 5.02 Å². The van der Waals surface area contributed by atoms with E-state index in [-0.39, 0.29) is 53.2 Å². The van der Waals surface area contributed by atoms with Gasteiger partial charge >= 0.3 is 0 Å². The van der Waals surface area contributed by atoms with Crippen LogP contribution in [0.25, 0.3) is 0 Å². The van der Waals surface area contributed by atoms with E-state index in [4.69, 9.17) is 16.3 Å². The molecule has 10 heteroatoms. The number of ether oxygens (including phenoxy) is 1. The smallest absolute Gasteiger partial charge is 0.251 e. The van der Waals surface area contributed by atoms with Crippen LogP contribution in [0.15, 0.2) is 23.1 Å². The van der Waals surface area contributed by atoms with E-state index in [1.54, 1.807) is 18.7 Å². The first-order chi connectivity index (χ1) is 13.6. The molecule has 1 aromatic rings. The predicted octanol–water partition coefficient (Wildman–Crippen LogP) is 1.74. The van der Waals surface area contributed by atoms with Crippen molar-refractivity contribution in [2.45, 2.75) is 44.8 Å². The lowest BCUT2D eigenvalue weighted by molar-refractivity contribution is -0.129. The molecule has 1 heterocycles. The molecule has 29 heavy (non-hydrogen) atoms. The molecule has 0 bridgehead atoms. The standard InChI is InChI=1S/C19H28ClN3O5S/c1-5-22(6-2)18(24)10-21-19(25)15-7-8-16(20)17(9-15)29(26,27)23-11-13(3)28-14(4)12-23/h7-9,13-14H,5-6,10-12H2,1-4H3,(H,21,25). The van der Waals surface area contributed by atoms with Crippen LogP contribution in [-0.2, 0) is 19.6 Å². The van der Waals surface area contributed by atoms with Crippen LogP contribution in [0.4, 0.5) is 0 Å². The van der Waals surface area contributed by atoms with Gasteiger partial charge in [-0.05, 0) is 45.9 Å². The third kappa shape index (κ3) is 5.69.